The van der Waals surface area contributed by atoms with Crippen molar-refractivity contribution in [1.82, 2.24) is 4.90 Å². The number of hydrogen-bond donors (Lipinski definition) is 1. The highest BCUT2D eigenvalue weighted by Gasteiger charge is 2.27. The van der Waals surface area contributed by atoms with E-state index in [4.69, 9.17) is 5.11 Å². The van der Waals surface area contributed by atoms with Gasteiger partial charge in [0.25, 0.3) is 0 Å². The van der Waals surface area contributed by atoms with Crippen molar-refractivity contribution in [2.24, 2.45) is 11.8 Å². The number of carbonyl (C=O) groups excluding carboxylic acids is 1. The molecule has 2 rings (SSSR count). The molecule has 1 amide bonds. The molecule has 0 aromatic carbocycles. The van der Waals surface area contributed by atoms with Crippen molar-refractivity contribution >= 4 is 5.91 Å². The maximum atomic E-state index is 12.1. The summed E-state index contributed by atoms with van der Waals surface area (Å²) in [5.74, 6) is 1.63. The number of rotatable bonds is 5. The van der Waals surface area contributed by atoms with Gasteiger partial charge in [0.1, 0.15) is 0 Å². The van der Waals surface area contributed by atoms with Gasteiger partial charge in [0, 0.05) is 26.1 Å². The molecule has 3 heteroatoms. The molecular formula is C15H27NO2. The molecule has 0 unspecified atom stereocenters. The zero-order valence-electron chi connectivity index (χ0n) is 11.6. The first kappa shape index (κ1) is 13.9. The number of aliphatic hydroxyl groups excluding tert-OH is 1. The van der Waals surface area contributed by atoms with E-state index in [0.717, 1.165) is 44.4 Å². The van der Waals surface area contributed by atoms with E-state index in [1.54, 1.807) is 0 Å². The van der Waals surface area contributed by atoms with Crippen LogP contribution in [0.2, 0.25) is 0 Å². The third-order valence-corrected chi connectivity index (χ3v) is 5.01. The second-order valence-electron chi connectivity index (χ2n) is 6.20. The summed E-state index contributed by atoms with van der Waals surface area (Å²) in [6.07, 6.45) is 10.1. The summed E-state index contributed by atoms with van der Waals surface area (Å²) in [4.78, 5) is 14.1. The monoisotopic (exact) mass is 253 g/mol. The fourth-order valence-electron chi connectivity index (χ4n) is 3.20. The molecule has 0 bridgehead atoms. The van der Waals surface area contributed by atoms with Crippen LogP contribution in [0.25, 0.3) is 0 Å². The smallest absolute Gasteiger partial charge is 0.222 e. The molecule has 0 aliphatic heterocycles. The highest BCUT2D eigenvalue weighted by atomic mass is 16.3. The van der Waals surface area contributed by atoms with Gasteiger partial charge in [-0.1, -0.05) is 19.3 Å². The maximum Gasteiger partial charge on any atom is 0.222 e. The number of hydrogen-bond acceptors (Lipinski definition) is 2. The normalized spacial score (nSPS) is 28.8. The molecule has 1 N–H and O–H groups in total. The molecule has 0 radical (unpaired) electrons. The van der Waals surface area contributed by atoms with Crippen molar-refractivity contribution in [2.45, 2.75) is 63.8 Å². The Morgan fingerprint density at radius 2 is 1.78 bits per heavy atom. The lowest BCUT2D eigenvalue weighted by Crippen LogP contribution is -2.40. The molecule has 0 heterocycles. The van der Waals surface area contributed by atoms with E-state index in [0.29, 0.717) is 24.5 Å². The van der Waals surface area contributed by atoms with Gasteiger partial charge in [-0.15, -0.1) is 0 Å². The topological polar surface area (TPSA) is 40.5 Å². The first-order valence-corrected chi connectivity index (χ1v) is 7.57. The molecule has 0 atom stereocenters. The second-order valence-corrected chi connectivity index (χ2v) is 6.20. The fourth-order valence-corrected chi connectivity index (χ4v) is 3.20. The lowest BCUT2D eigenvalue weighted by atomic mass is 9.82. The van der Waals surface area contributed by atoms with E-state index >= 15 is 0 Å². The summed E-state index contributed by atoms with van der Waals surface area (Å²) in [7, 11) is 1.97. The van der Waals surface area contributed by atoms with Gasteiger partial charge in [0.05, 0.1) is 0 Å². The van der Waals surface area contributed by atoms with E-state index in [1.165, 1.54) is 19.3 Å². The number of nitrogens with zero attached hydrogens (tertiary/aromatic N) is 1. The summed E-state index contributed by atoms with van der Waals surface area (Å²) < 4.78 is 0. The van der Waals surface area contributed by atoms with Gasteiger partial charge in [0.15, 0.2) is 0 Å². The van der Waals surface area contributed by atoms with E-state index < -0.39 is 0 Å². The van der Waals surface area contributed by atoms with Crippen LogP contribution in [0.3, 0.4) is 0 Å². The third kappa shape index (κ3) is 3.47. The summed E-state index contributed by atoms with van der Waals surface area (Å²) in [5.41, 5.74) is 0. The van der Waals surface area contributed by atoms with Crippen LogP contribution < -0.4 is 0 Å². The molecule has 104 valence electrons. The van der Waals surface area contributed by atoms with Crippen molar-refractivity contribution in [3.8, 4) is 0 Å². The van der Waals surface area contributed by atoms with Crippen LogP contribution >= 0.6 is 0 Å². The van der Waals surface area contributed by atoms with Crippen molar-refractivity contribution in [1.29, 1.82) is 0 Å². The van der Waals surface area contributed by atoms with Gasteiger partial charge in [-0.05, 0) is 43.9 Å². The van der Waals surface area contributed by atoms with Crippen LogP contribution in [-0.4, -0.2) is 35.6 Å². The molecule has 0 aromatic heterocycles. The van der Waals surface area contributed by atoms with Gasteiger partial charge < -0.3 is 10.0 Å². The minimum atomic E-state index is 0.312. The minimum absolute atomic E-state index is 0.312. The Hall–Kier alpha value is -0.570. The van der Waals surface area contributed by atoms with Crippen molar-refractivity contribution in [3.05, 3.63) is 0 Å². The van der Waals surface area contributed by atoms with Crippen LogP contribution in [0.15, 0.2) is 0 Å². The number of aliphatic hydroxyl groups is 1. The van der Waals surface area contributed by atoms with Crippen LogP contribution in [0.5, 0.6) is 0 Å². The lowest BCUT2D eigenvalue weighted by molar-refractivity contribution is -0.133. The Morgan fingerprint density at radius 1 is 1.11 bits per heavy atom. The first-order valence-electron chi connectivity index (χ1n) is 7.57. The van der Waals surface area contributed by atoms with Crippen molar-refractivity contribution in [3.63, 3.8) is 0 Å². The third-order valence-electron chi connectivity index (χ3n) is 5.01. The molecule has 2 aliphatic rings. The summed E-state index contributed by atoms with van der Waals surface area (Å²) in [5, 5.41) is 9.12. The molecule has 3 nitrogen and oxygen atoms in total. The van der Waals surface area contributed by atoms with Gasteiger partial charge >= 0.3 is 0 Å². The Labute approximate surface area is 111 Å². The molecule has 0 aromatic rings. The average Bonchev–Trinajstić information content (AvgIpc) is 2.36. The zero-order chi connectivity index (χ0) is 13.0. The predicted molar refractivity (Wildman–Crippen MR) is 72.2 cm³/mol. The van der Waals surface area contributed by atoms with Crippen LogP contribution in [0, 0.1) is 11.8 Å². The van der Waals surface area contributed by atoms with E-state index in [1.807, 2.05) is 11.9 Å². The van der Waals surface area contributed by atoms with Gasteiger partial charge in [0.2, 0.25) is 5.91 Å². The predicted octanol–water partition coefficient (Wildman–Crippen LogP) is 2.58. The highest BCUT2D eigenvalue weighted by Crippen LogP contribution is 2.31. The summed E-state index contributed by atoms with van der Waals surface area (Å²) in [6.45, 7) is 0.312. The van der Waals surface area contributed by atoms with Gasteiger partial charge in [-0.2, -0.15) is 0 Å². The Bertz CT molecular complexity index is 268. The molecule has 2 aliphatic carbocycles. The van der Waals surface area contributed by atoms with Gasteiger partial charge in [-0.3, -0.25) is 4.79 Å². The molecule has 0 spiro atoms. The molecular weight excluding hydrogens is 226 g/mol. The van der Waals surface area contributed by atoms with Crippen LogP contribution in [0.1, 0.15) is 57.8 Å². The highest BCUT2D eigenvalue weighted by molar-refractivity contribution is 5.76. The first-order chi connectivity index (χ1) is 8.70. The SMILES string of the molecule is CN(C(=O)CCC1CCC1)C1CCC(CO)CC1. The number of carbonyl (C=O) groups is 1. The number of amides is 1. The van der Waals surface area contributed by atoms with Crippen LogP contribution in [0.4, 0.5) is 0 Å². The molecule has 18 heavy (non-hydrogen) atoms. The van der Waals surface area contributed by atoms with Crippen molar-refractivity contribution in [2.75, 3.05) is 13.7 Å². The van der Waals surface area contributed by atoms with E-state index in [2.05, 4.69) is 0 Å². The average molecular weight is 253 g/mol. The summed E-state index contributed by atoms with van der Waals surface area (Å²) in [6, 6.07) is 0.418. The van der Waals surface area contributed by atoms with Crippen molar-refractivity contribution < 1.29 is 9.90 Å². The lowest BCUT2D eigenvalue weighted by Gasteiger charge is -2.34. The Balaban J connectivity index is 1.69. The van der Waals surface area contributed by atoms with E-state index in [-0.39, 0.29) is 0 Å². The van der Waals surface area contributed by atoms with E-state index in [9.17, 15) is 4.79 Å². The Kier molecular flexibility index (Phi) is 5.04. The van der Waals surface area contributed by atoms with Crippen LogP contribution in [-0.2, 0) is 4.79 Å². The quantitative estimate of drug-likeness (QED) is 0.818. The minimum Gasteiger partial charge on any atom is -0.396 e. The maximum absolute atomic E-state index is 12.1. The zero-order valence-corrected chi connectivity index (χ0v) is 11.6. The standard InChI is InChI=1S/C15H27NO2/c1-16(14-8-5-13(11-17)6-9-14)15(18)10-7-12-3-2-4-12/h12-14,17H,2-11H2,1H3. The molecule has 2 saturated carbocycles. The second kappa shape index (κ2) is 6.55. The molecule has 2 fully saturated rings. The fraction of sp³-hybridized carbons (Fsp3) is 0.933. The molecule has 0 saturated heterocycles. The Morgan fingerprint density at radius 3 is 2.28 bits per heavy atom. The summed E-state index contributed by atoms with van der Waals surface area (Å²) >= 11 is 0. The largest absolute Gasteiger partial charge is 0.396 e. The van der Waals surface area contributed by atoms with Gasteiger partial charge in [-0.25, -0.2) is 0 Å².